The van der Waals surface area contributed by atoms with Gasteiger partial charge in [-0.2, -0.15) is 10.1 Å². The summed E-state index contributed by atoms with van der Waals surface area (Å²) >= 11 is 0. The first kappa shape index (κ1) is 18.8. The van der Waals surface area contributed by atoms with Crippen LogP contribution in [0.5, 0.6) is 0 Å². The molecule has 0 radical (unpaired) electrons. The van der Waals surface area contributed by atoms with Crippen LogP contribution in [-0.4, -0.2) is 28.6 Å². The van der Waals surface area contributed by atoms with Gasteiger partial charge >= 0.3 is 0 Å². The zero-order valence-electron chi connectivity index (χ0n) is 15.1. The van der Waals surface area contributed by atoms with E-state index in [4.69, 9.17) is 5.14 Å². The van der Waals surface area contributed by atoms with E-state index in [0.29, 0.717) is 33.8 Å². The summed E-state index contributed by atoms with van der Waals surface area (Å²) in [5.41, 5.74) is 1.67. The van der Waals surface area contributed by atoms with Crippen molar-refractivity contribution in [2.75, 3.05) is 10.6 Å². The molecule has 0 unspecified atom stereocenters. The minimum atomic E-state index is -3.85. The number of nitrogens with zero attached hydrogens (tertiary/aromatic N) is 3. The molecule has 0 amide bonds. The van der Waals surface area contributed by atoms with Crippen molar-refractivity contribution >= 4 is 44.2 Å². The van der Waals surface area contributed by atoms with Crippen LogP contribution in [0.15, 0.2) is 53.6 Å². The Balaban J connectivity index is 1.60. The lowest BCUT2D eigenvalue weighted by Crippen LogP contribution is -2.14. The van der Waals surface area contributed by atoms with E-state index in [0.717, 1.165) is 0 Å². The number of hydrogen-bond donors (Lipinski definition) is 4. The fourth-order valence-corrected chi connectivity index (χ4v) is 3.61. The maximum atomic E-state index is 13.5. The quantitative estimate of drug-likeness (QED) is 0.394. The highest BCUT2D eigenvalue weighted by atomic mass is 32.2. The number of anilines is 4. The minimum Gasteiger partial charge on any atom is -0.324 e. The smallest absolute Gasteiger partial charge is 0.238 e. The average Bonchev–Trinajstić information content (AvgIpc) is 3.05. The summed E-state index contributed by atoms with van der Waals surface area (Å²) in [6.07, 6.45) is 1.52. The van der Waals surface area contributed by atoms with Gasteiger partial charge < -0.3 is 10.6 Å². The van der Waals surface area contributed by atoms with Gasteiger partial charge in [0.1, 0.15) is 11.6 Å². The molecule has 4 rings (SSSR count). The maximum absolute atomic E-state index is 13.5. The minimum absolute atomic E-state index is 0.0156. The largest absolute Gasteiger partial charge is 0.324 e. The predicted octanol–water partition coefficient (Wildman–Crippen LogP) is 2.94. The van der Waals surface area contributed by atoms with Crippen molar-refractivity contribution in [1.82, 2.24) is 20.2 Å². The van der Waals surface area contributed by atoms with Crippen LogP contribution >= 0.6 is 0 Å². The van der Waals surface area contributed by atoms with Gasteiger partial charge in [-0.25, -0.2) is 22.9 Å². The fourth-order valence-electron chi connectivity index (χ4n) is 2.80. The summed E-state index contributed by atoms with van der Waals surface area (Å²) in [5.74, 6) is 0.678. The van der Waals surface area contributed by atoms with E-state index >= 15 is 0 Å². The van der Waals surface area contributed by atoms with E-state index in [1.54, 1.807) is 31.2 Å². The van der Waals surface area contributed by atoms with Crippen LogP contribution in [-0.2, 0) is 10.0 Å². The van der Waals surface area contributed by atoms with Crippen molar-refractivity contribution in [3.8, 4) is 0 Å². The monoisotopic (exact) mass is 413 g/mol. The van der Waals surface area contributed by atoms with Gasteiger partial charge in [0.15, 0.2) is 5.82 Å². The van der Waals surface area contributed by atoms with Crippen LogP contribution in [0.2, 0.25) is 0 Å². The van der Waals surface area contributed by atoms with E-state index < -0.39 is 10.0 Å². The van der Waals surface area contributed by atoms with Gasteiger partial charge in [0.05, 0.1) is 10.4 Å². The van der Waals surface area contributed by atoms with Crippen molar-refractivity contribution in [2.24, 2.45) is 5.14 Å². The number of nitrogens with two attached hydrogens (primary N) is 1. The van der Waals surface area contributed by atoms with E-state index in [2.05, 4.69) is 30.8 Å². The molecule has 0 aliphatic rings. The Bertz CT molecular complexity index is 1320. The van der Waals surface area contributed by atoms with Gasteiger partial charge in [-0.3, -0.25) is 5.10 Å². The molecule has 0 saturated heterocycles. The summed E-state index contributed by atoms with van der Waals surface area (Å²) in [6, 6.07) is 10.7. The van der Waals surface area contributed by atoms with Crippen molar-refractivity contribution < 1.29 is 12.8 Å². The predicted molar refractivity (Wildman–Crippen MR) is 107 cm³/mol. The third kappa shape index (κ3) is 4.00. The second-order valence-electron chi connectivity index (χ2n) is 6.30. The Hall–Kier alpha value is -3.57. The normalized spacial score (nSPS) is 11.6. The molecule has 0 aliphatic heterocycles. The van der Waals surface area contributed by atoms with Crippen LogP contribution in [0.3, 0.4) is 0 Å². The molecule has 0 spiro atoms. The molecule has 5 N–H and O–H groups in total. The van der Waals surface area contributed by atoms with Gasteiger partial charge in [0.25, 0.3) is 0 Å². The molecule has 4 aromatic rings. The number of hydrogen-bond acceptors (Lipinski definition) is 7. The highest BCUT2D eigenvalue weighted by Gasteiger charge is 2.13. The summed E-state index contributed by atoms with van der Waals surface area (Å²) in [4.78, 5) is 8.46. The highest BCUT2D eigenvalue weighted by molar-refractivity contribution is 7.89. The molecular formula is C18H16FN7O2S. The third-order valence-electron chi connectivity index (χ3n) is 4.18. The summed E-state index contributed by atoms with van der Waals surface area (Å²) in [5, 5.41) is 18.7. The van der Waals surface area contributed by atoms with Gasteiger partial charge in [0, 0.05) is 17.3 Å². The van der Waals surface area contributed by atoms with E-state index in [-0.39, 0.29) is 16.7 Å². The molecular weight excluding hydrogens is 397 g/mol. The molecule has 2 heterocycles. The number of halogens is 1. The number of aryl methyl sites for hydroxylation is 1. The highest BCUT2D eigenvalue weighted by Crippen LogP contribution is 2.25. The lowest BCUT2D eigenvalue weighted by atomic mass is 10.2. The second kappa shape index (κ2) is 7.11. The molecule has 11 heteroatoms. The first-order valence-corrected chi connectivity index (χ1v) is 9.98. The Labute approximate surface area is 165 Å². The molecule has 29 heavy (non-hydrogen) atoms. The maximum Gasteiger partial charge on any atom is 0.238 e. The number of rotatable bonds is 5. The van der Waals surface area contributed by atoms with Crippen LogP contribution in [0.1, 0.15) is 5.56 Å². The number of aromatic amines is 1. The van der Waals surface area contributed by atoms with Gasteiger partial charge in [0.2, 0.25) is 16.0 Å². The summed E-state index contributed by atoms with van der Waals surface area (Å²) in [7, 11) is -3.85. The van der Waals surface area contributed by atoms with E-state index in [1.807, 2.05) is 0 Å². The number of sulfonamides is 1. The number of primary sulfonamides is 1. The van der Waals surface area contributed by atoms with Crippen LogP contribution in [0.25, 0.3) is 10.9 Å². The van der Waals surface area contributed by atoms with Crippen LogP contribution < -0.4 is 15.8 Å². The van der Waals surface area contributed by atoms with Gasteiger partial charge in [-0.05, 0) is 48.9 Å². The Morgan fingerprint density at radius 2 is 1.93 bits per heavy atom. The standard InChI is InChI=1S/C18H16FN7O2S/c1-10-2-4-12(9-15(10)29(20,27)28)22-18-21-7-6-16(24-18)23-17-13-8-11(19)3-5-14(13)25-26-17/h2-9H,1H3,(H2,20,27,28)(H3,21,22,23,24,25,26). The van der Waals surface area contributed by atoms with Crippen LogP contribution in [0.4, 0.5) is 27.7 Å². The van der Waals surface area contributed by atoms with Crippen molar-refractivity contribution in [2.45, 2.75) is 11.8 Å². The first-order valence-electron chi connectivity index (χ1n) is 8.44. The van der Waals surface area contributed by atoms with Crippen molar-refractivity contribution in [1.29, 1.82) is 0 Å². The molecule has 0 bridgehead atoms. The lowest BCUT2D eigenvalue weighted by molar-refractivity contribution is 0.597. The topological polar surface area (TPSA) is 139 Å². The number of fused-ring (bicyclic) bond motifs is 1. The van der Waals surface area contributed by atoms with Crippen LogP contribution in [0, 0.1) is 12.7 Å². The molecule has 2 aromatic heterocycles. The van der Waals surface area contributed by atoms with Gasteiger partial charge in [-0.1, -0.05) is 6.07 Å². The third-order valence-corrected chi connectivity index (χ3v) is 5.23. The van der Waals surface area contributed by atoms with E-state index in [1.165, 1.54) is 24.4 Å². The molecule has 0 aliphatic carbocycles. The zero-order valence-corrected chi connectivity index (χ0v) is 16.0. The summed E-state index contributed by atoms with van der Waals surface area (Å²) in [6.45, 7) is 1.65. The number of benzene rings is 2. The Morgan fingerprint density at radius 3 is 2.72 bits per heavy atom. The fraction of sp³-hybridized carbons (Fsp3) is 0.0556. The number of nitrogens with one attached hydrogen (secondary N) is 3. The van der Waals surface area contributed by atoms with E-state index in [9.17, 15) is 12.8 Å². The Morgan fingerprint density at radius 1 is 1.10 bits per heavy atom. The average molecular weight is 413 g/mol. The number of aromatic nitrogens is 4. The molecule has 148 valence electrons. The van der Waals surface area contributed by atoms with Crippen molar-refractivity contribution in [3.63, 3.8) is 0 Å². The SMILES string of the molecule is Cc1ccc(Nc2nccc(Nc3n[nH]c4ccc(F)cc34)n2)cc1S(N)(=O)=O. The molecule has 2 aromatic carbocycles. The molecule has 0 fully saturated rings. The molecule has 9 nitrogen and oxygen atoms in total. The summed E-state index contributed by atoms with van der Waals surface area (Å²) < 4.78 is 36.9. The Kier molecular flexibility index (Phi) is 4.60. The van der Waals surface area contributed by atoms with Gasteiger partial charge in [-0.15, -0.1) is 0 Å². The van der Waals surface area contributed by atoms with Crippen molar-refractivity contribution in [3.05, 3.63) is 60.0 Å². The first-order chi connectivity index (χ1) is 13.8. The zero-order chi connectivity index (χ0) is 20.6. The lowest BCUT2D eigenvalue weighted by Gasteiger charge is -2.10. The molecule has 0 saturated carbocycles. The molecule has 0 atom stereocenters. The number of H-pyrrole nitrogens is 1. The second-order valence-corrected chi connectivity index (χ2v) is 7.83.